The number of anilines is 2. The predicted octanol–water partition coefficient (Wildman–Crippen LogP) is 6.00. The van der Waals surface area contributed by atoms with E-state index in [1.54, 1.807) is 12.3 Å². The van der Waals surface area contributed by atoms with Crippen molar-refractivity contribution in [3.63, 3.8) is 0 Å². The Hall–Kier alpha value is -3.40. The zero-order valence-electron chi connectivity index (χ0n) is 21.4. The maximum absolute atomic E-state index is 11.8. The highest BCUT2D eigenvalue weighted by Crippen LogP contribution is 2.44. The van der Waals surface area contributed by atoms with Gasteiger partial charge in [0, 0.05) is 34.0 Å². The van der Waals surface area contributed by atoms with Crippen LogP contribution in [-0.2, 0) is 10.0 Å². The monoisotopic (exact) mass is 565 g/mol. The van der Waals surface area contributed by atoms with E-state index in [4.69, 9.17) is 23.8 Å². The van der Waals surface area contributed by atoms with Gasteiger partial charge in [-0.3, -0.25) is 9.71 Å². The summed E-state index contributed by atoms with van der Waals surface area (Å²) >= 11 is 12.0. The minimum atomic E-state index is -3.40. The van der Waals surface area contributed by atoms with E-state index in [1.165, 1.54) is 0 Å². The van der Waals surface area contributed by atoms with Crippen molar-refractivity contribution >= 4 is 50.3 Å². The lowest BCUT2D eigenvalue weighted by molar-refractivity contribution is 0.565. The van der Waals surface area contributed by atoms with E-state index >= 15 is 0 Å². The average Bonchev–Trinajstić information content (AvgIpc) is 3.36. The number of aromatic nitrogens is 2. The van der Waals surface area contributed by atoms with Crippen molar-refractivity contribution in [2.45, 2.75) is 32.9 Å². The van der Waals surface area contributed by atoms with Crippen molar-refractivity contribution in [3.05, 3.63) is 106 Å². The number of pyridine rings is 1. The molecule has 1 aliphatic heterocycles. The fourth-order valence-electron chi connectivity index (χ4n) is 5.14. The first-order chi connectivity index (χ1) is 18.0. The van der Waals surface area contributed by atoms with E-state index in [9.17, 15) is 8.42 Å². The summed E-state index contributed by atoms with van der Waals surface area (Å²) in [5.74, 6) is 0. The second-order valence-corrected chi connectivity index (χ2v) is 12.1. The molecule has 1 fully saturated rings. The van der Waals surface area contributed by atoms with Gasteiger partial charge >= 0.3 is 0 Å². The summed E-state index contributed by atoms with van der Waals surface area (Å²) in [6.45, 7) is 6.07. The summed E-state index contributed by atoms with van der Waals surface area (Å²) < 4.78 is 28.4. The largest absolute Gasteiger partial charge is 0.351 e. The molecule has 2 atom stereocenters. The van der Waals surface area contributed by atoms with Gasteiger partial charge in [0.25, 0.3) is 0 Å². The Morgan fingerprint density at radius 3 is 2.34 bits per heavy atom. The molecule has 5 rings (SSSR count). The van der Waals surface area contributed by atoms with Gasteiger partial charge in [-0.05, 0) is 105 Å². The number of halogens is 1. The van der Waals surface area contributed by atoms with Crippen molar-refractivity contribution in [2.24, 2.45) is 0 Å². The van der Waals surface area contributed by atoms with Gasteiger partial charge in [0.05, 0.1) is 29.7 Å². The molecule has 7 nitrogen and oxygen atoms in total. The second kappa shape index (κ2) is 10.1. The average molecular weight is 566 g/mol. The highest BCUT2D eigenvalue weighted by atomic mass is 35.5. The fourth-order valence-corrected chi connectivity index (χ4v) is 6.24. The number of nitrogens with zero attached hydrogens (tertiary/aromatic N) is 3. The number of hydrogen-bond acceptors (Lipinski definition) is 4. The Morgan fingerprint density at radius 2 is 1.71 bits per heavy atom. The zero-order chi connectivity index (χ0) is 27.2. The molecule has 0 amide bonds. The van der Waals surface area contributed by atoms with Crippen LogP contribution in [0.3, 0.4) is 0 Å². The molecule has 0 radical (unpaired) electrons. The lowest BCUT2D eigenvalue weighted by atomic mass is 9.96. The first kappa shape index (κ1) is 26.2. The van der Waals surface area contributed by atoms with Gasteiger partial charge in [-0.15, -0.1) is 0 Å². The molecular formula is C28H28ClN5O2S2. The highest BCUT2D eigenvalue weighted by molar-refractivity contribution is 7.92. The van der Waals surface area contributed by atoms with Gasteiger partial charge in [0.1, 0.15) is 0 Å². The molecule has 2 unspecified atom stereocenters. The third-order valence-corrected chi connectivity index (χ3v) is 7.91. The molecule has 196 valence electrons. The molecule has 38 heavy (non-hydrogen) atoms. The van der Waals surface area contributed by atoms with Crippen molar-refractivity contribution in [1.29, 1.82) is 0 Å². The van der Waals surface area contributed by atoms with E-state index in [2.05, 4.69) is 44.4 Å². The Bertz CT molecular complexity index is 1620. The normalized spacial score (nSPS) is 17.5. The fraction of sp³-hybridized carbons (Fsp3) is 0.214. The summed E-state index contributed by atoms with van der Waals surface area (Å²) in [7, 11) is -3.40. The molecular weight excluding hydrogens is 538 g/mol. The second-order valence-electron chi connectivity index (χ2n) is 9.51. The molecule has 10 heteroatoms. The molecule has 4 aromatic rings. The smallest absolute Gasteiger partial charge is 0.229 e. The summed E-state index contributed by atoms with van der Waals surface area (Å²) in [6, 6.07) is 21.1. The van der Waals surface area contributed by atoms with Crippen molar-refractivity contribution in [1.82, 2.24) is 14.9 Å². The van der Waals surface area contributed by atoms with Crippen LogP contribution in [0.15, 0.2) is 72.9 Å². The molecule has 0 aliphatic carbocycles. The van der Waals surface area contributed by atoms with Gasteiger partial charge < -0.3 is 14.8 Å². The molecule has 1 aliphatic rings. The van der Waals surface area contributed by atoms with E-state index in [1.807, 2.05) is 61.5 Å². The molecule has 0 saturated carbocycles. The van der Waals surface area contributed by atoms with Crippen LogP contribution in [0.1, 0.15) is 40.3 Å². The lowest BCUT2D eigenvalue weighted by Crippen LogP contribution is -2.29. The van der Waals surface area contributed by atoms with E-state index < -0.39 is 10.0 Å². The number of thiocarbonyl (C=S) groups is 1. The van der Waals surface area contributed by atoms with Crippen LogP contribution < -0.4 is 14.9 Å². The predicted molar refractivity (Wildman–Crippen MR) is 158 cm³/mol. The van der Waals surface area contributed by atoms with Crippen LogP contribution in [-0.4, -0.2) is 29.3 Å². The highest BCUT2D eigenvalue weighted by Gasteiger charge is 2.42. The van der Waals surface area contributed by atoms with Gasteiger partial charge in [-0.1, -0.05) is 17.7 Å². The Labute approximate surface area is 233 Å². The SMILES string of the molecule is Cc1cc(N2C(=S)NC(c3ccccn3)C2c2cc(C)n(-c3ccc(Cl)cc3)c2C)ccc1NS(C)(=O)=O. The van der Waals surface area contributed by atoms with Crippen LogP contribution >= 0.6 is 23.8 Å². The quantitative estimate of drug-likeness (QED) is 0.279. The Balaban J connectivity index is 1.65. The van der Waals surface area contributed by atoms with Crippen LogP contribution in [0.25, 0.3) is 5.69 Å². The number of benzene rings is 2. The molecule has 2 aromatic heterocycles. The number of nitrogens with one attached hydrogen (secondary N) is 2. The Morgan fingerprint density at radius 1 is 1.00 bits per heavy atom. The molecule has 1 saturated heterocycles. The number of sulfonamides is 1. The minimum absolute atomic E-state index is 0.197. The molecule has 2 N–H and O–H groups in total. The lowest BCUT2D eigenvalue weighted by Gasteiger charge is -2.29. The maximum Gasteiger partial charge on any atom is 0.229 e. The number of hydrogen-bond donors (Lipinski definition) is 2. The first-order valence-corrected chi connectivity index (χ1v) is 14.7. The van der Waals surface area contributed by atoms with Crippen LogP contribution in [0, 0.1) is 20.8 Å². The van der Waals surface area contributed by atoms with Crippen molar-refractivity contribution in [2.75, 3.05) is 15.9 Å². The van der Waals surface area contributed by atoms with Gasteiger partial charge in [0.15, 0.2) is 5.11 Å². The molecule has 3 heterocycles. The van der Waals surface area contributed by atoms with E-state index in [-0.39, 0.29) is 12.1 Å². The number of rotatable bonds is 6. The topological polar surface area (TPSA) is 79.3 Å². The van der Waals surface area contributed by atoms with Gasteiger partial charge in [-0.2, -0.15) is 0 Å². The third kappa shape index (κ3) is 5.01. The standard InChI is InChI=1S/C28H28ClN5O2S2/c1-17-15-22(12-13-24(17)32-38(4,35)36)34-27(26(31-28(34)37)25-7-5-6-14-30-25)23-16-18(2)33(19(23)3)21-10-8-20(29)9-11-21/h5-16,26-27,32H,1-4H3,(H,31,37). The van der Waals surface area contributed by atoms with Crippen LogP contribution in [0.4, 0.5) is 11.4 Å². The molecule has 0 spiro atoms. The van der Waals surface area contributed by atoms with E-state index in [0.29, 0.717) is 15.8 Å². The zero-order valence-corrected chi connectivity index (χ0v) is 23.8. The van der Waals surface area contributed by atoms with Crippen LogP contribution in [0.5, 0.6) is 0 Å². The third-order valence-electron chi connectivity index (χ3n) is 6.76. The summed E-state index contributed by atoms with van der Waals surface area (Å²) in [5.41, 5.74) is 7.37. The van der Waals surface area contributed by atoms with Crippen LogP contribution in [0.2, 0.25) is 5.02 Å². The maximum atomic E-state index is 11.8. The van der Waals surface area contributed by atoms with E-state index in [0.717, 1.165) is 45.8 Å². The van der Waals surface area contributed by atoms with Gasteiger partial charge in [-0.25, -0.2) is 8.42 Å². The summed E-state index contributed by atoms with van der Waals surface area (Å²) in [6.07, 6.45) is 2.93. The summed E-state index contributed by atoms with van der Waals surface area (Å²) in [5, 5.41) is 4.76. The van der Waals surface area contributed by atoms with Crippen molar-refractivity contribution in [3.8, 4) is 5.69 Å². The minimum Gasteiger partial charge on any atom is -0.351 e. The Kier molecular flexibility index (Phi) is 6.94. The first-order valence-electron chi connectivity index (χ1n) is 12.1. The summed E-state index contributed by atoms with van der Waals surface area (Å²) in [4.78, 5) is 6.75. The molecule has 0 bridgehead atoms. The molecule has 2 aromatic carbocycles. The van der Waals surface area contributed by atoms with Crippen molar-refractivity contribution < 1.29 is 8.42 Å². The number of aryl methyl sites for hydroxylation is 2. The van der Waals surface area contributed by atoms with Gasteiger partial charge in [0.2, 0.25) is 10.0 Å².